The maximum absolute atomic E-state index is 13.2. The van der Waals surface area contributed by atoms with E-state index in [4.69, 9.17) is 4.74 Å². The third-order valence-corrected chi connectivity index (χ3v) is 5.58. The SMILES string of the molecule is CCOC(=O)CN(c1ccccc1C(C)C)S(=O)(=O)c1ccc(F)cc1. The van der Waals surface area contributed by atoms with E-state index in [9.17, 15) is 17.6 Å². The number of carbonyl (C=O) groups excluding carboxylic acids is 1. The predicted octanol–water partition coefficient (Wildman–Crippen LogP) is 3.71. The van der Waals surface area contributed by atoms with E-state index in [1.165, 1.54) is 12.1 Å². The lowest BCUT2D eigenvalue weighted by Gasteiger charge is -2.27. The van der Waals surface area contributed by atoms with Crippen LogP contribution in [0.1, 0.15) is 32.3 Å². The number of ether oxygens (including phenoxy) is 1. The number of halogens is 1. The summed E-state index contributed by atoms with van der Waals surface area (Å²) >= 11 is 0. The molecule has 0 N–H and O–H groups in total. The van der Waals surface area contributed by atoms with Gasteiger partial charge in [0, 0.05) is 0 Å². The van der Waals surface area contributed by atoms with E-state index in [0.29, 0.717) is 5.69 Å². The summed E-state index contributed by atoms with van der Waals surface area (Å²) in [6, 6.07) is 11.5. The minimum Gasteiger partial charge on any atom is -0.465 e. The first-order valence-electron chi connectivity index (χ1n) is 8.30. The van der Waals surface area contributed by atoms with Crippen LogP contribution in [0.15, 0.2) is 53.4 Å². The molecule has 0 saturated heterocycles. The Kier molecular flexibility index (Phi) is 6.37. The highest BCUT2D eigenvalue weighted by Crippen LogP contribution is 2.31. The molecule has 0 spiro atoms. The van der Waals surface area contributed by atoms with Crippen LogP contribution < -0.4 is 4.31 Å². The fourth-order valence-electron chi connectivity index (χ4n) is 2.56. The standard InChI is InChI=1S/C19H22FNO4S/c1-4-25-19(22)13-21(18-8-6-5-7-17(18)14(2)3)26(23,24)16-11-9-15(20)10-12-16/h5-12,14H,4,13H2,1-3H3. The van der Waals surface area contributed by atoms with Crippen LogP contribution in [-0.4, -0.2) is 27.5 Å². The Bertz CT molecular complexity index is 863. The molecule has 0 radical (unpaired) electrons. The Hall–Kier alpha value is -2.41. The van der Waals surface area contributed by atoms with Crippen LogP contribution in [-0.2, 0) is 19.6 Å². The van der Waals surface area contributed by atoms with Gasteiger partial charge in [-0.3, -0.25) is 9.10 Å². The molecular formula is C19H22FNO4S. The number of sulfonamides is 1. The normalized spacial score (nSPS) is 11.4. The van der Waals surface area contributed by atoms with E-state index in [1.807, 2.05) is 26.0 Å². The highest BCUT2D eigenvalue weighted by molar-refractivity contribution is 7.92. The van der Waals surface area contributed by atoms with Crippen molar-refractivity contribution in [2.24, 2.45) is 0 Å². The summed E-state index contributed by atoms with van der Waals surface area (Å²) in [6.07, 6.45) is 0. The topological polar surface area (TPSA) is 63.7 Å². The van der Waals surface area contributed by atoms with Gasteiger partial charge in [0.2, 0.25) is 0 Å². The monoisotopic (exact) mass is 379 g/mol. The molecule has 0 amide bonds. The Morgan fingerprint density at radius 2 is 1.73 bits per heavy atom. The molecule has 0 saturated carbocycles. The summed E-state index contributed by atoms with van der Waals surface area (Å²) in [4.78, 5) is 12.0. The molecule has 0 heterocycles. The number of hydrogen-bond donors (Lipinski definition) is 0. The summed E-state index contributed by atoms with van der Waals surface area (Å²) in [5, 5.41) is 0. The fraction of sp³-hybridized carbons (Fsp3) is 0.316. The molecule has 0 fully saturated rings. The first kappa shape index (κ1) is 19.9. The van der Waals surface area contributed by atoms with Crippen molar-refractivity contribution in [2.75, 3.05) is 17.5 Å². The molecule has 0 aromatic heterocycles. The molecule has 0 unspecified atom stereocenters. The Morgan fingerprint density at radius 1 is 1.12 bits per heavy atom. The van der Waals surface area contributed by atoms with Gasteiger partial charge in [-0.05, 0) is 48.7 Å². The summed E-state index contributed by atoms with van der Waals surface area (Å²) in [5.41, 5.74) is 1.18. The van der Waals surface area contributed by atoms with Crippen LogP contribution in [0.4, 0.5) is 10.1 Å². The molecular weight excluding hydrogens is 357 g/mol. The van der Waals surface area contributed by atoms with E-state index in [2.05, 4.69) is 0 Å². The van der Waals surface area contributed by atoms with Gasteiger partial charge in [0.05, 0.1) is 17.2 Å². The molecule has 26 heavy (non-hydrogen) atoms. The van der Waals surface area contributed by atoms with E-state index < -0.39 is 28.4 Å². The third kappa shape index (κ3) is 4.40. The van der Waals surface area contributed by atoms with Crippen LogP contribution in [0.25, 0.3) is 0 Å². The first-order chi connectivity index (χ1) is 12.3. The van der Waals surface area contributed by atoms with Gasteiger partial charge < -0.3 is 4.74 Å². The Morgan fingerprint density at radius 3 is 2.31 bits per heavy atom. The van der Waals surface area contributed by atoms with Crippen LogP contribution >= 0.6 is 0 Å². The van der Waals surface area contributed by atoms with E-state index in [-0.39, 0.29) is 17.4 Å². The van der Waals surface area contributed by atoms with Gasteiger partial charge in [0.15, 0.2) is 0 Å². The molecule has 0 aliphatic heterocycles. The van der Waals surface area contributed by atoms with Gasteiger partial charge in [-0.15, -0.1) is 0 Å². The number of para-hydroxylation sites is 1. The van der Waals surface area contributed by atoms with Gasteiger partial charge in [0.25, 0.3) is 10.0 Å². The van der Waals surface area contributed by atoms with Crippen molar-refractivity contribution in [2.45, 2.75) is 31.6 Å². The molecule has 2 rings (SSSR count). The molecule has 0 bridgehead atoms. The van der Waals surface area contributed by atoms with Crippen molar-refractivity contribution in [3.8, 4) is 0 Å². The van der Waals surface area contributed by atoms with Crippen molar-refractivity contribution in [3.63, 3.8) is 0 Å². The zero-order chi connectivity index (χ0) is 19.3. The zero-order valence-electron chi connectivity index (χ0n) is 15.0. The minimum absolute atomic E-state index is 0.0410. The number of esters is 1. The number of rotatable bonds is 7. The maximum Gasteiger partial charge on any atom is 0.326 e. The lowest BCUT2D eigenvalue weighted by Crippen LogP contribution is -2.37. The second kappa shape index (κ2) is 8.31. The highest BCUT2D eigenvalue weighted by Gasteiger charge is 2.29. The molecule has 2 aromatic carbocycles. The van der Waals surface area contributed by atoms with E-state index in [0.717, 1.165) is 22.0 Å². The number of nitrogens with zero attached hydrogens (tertiary/aromatic N) is 1. The van der Waals surface area contributed by atoms with Crippen LogP contribution in [0.5, 0.6) is 0 Å². The van der Waals surface area contributed by atoms with E-state index >= 15 is 0 Å². The summed E-state index contributed by atoms with van der Waals surface area (Å²) in [7, 11) is -4.07. The van der Waals surface area contributed by atoms with Crippen molar-refractivity contribution >= 4 is 21.7 Å². The minimum atomic E-state index is -4.07. The highest BCUT2D eigenvalue weighted by atomic mass is 32.2. The lowest BCUT2D eigenvalue weighted by atomic mass is 10.0. The third-order valence-electron chi connectivity index (χ3n) is 3.81. The van der Waals surface area contributed by atoms with Gasteiger partial charge in [-0.25, -0.2) is 12.8 Å². The van der Waals surface area contributed by atoms with Crippen molar-refractivity contribution < 1.29 is 22.3 Å². The Balaban J connectivity index is 2.58. The maximum atomic E-state index is 13.2. The second-order valence-electron chi connectivity index (χ2n) is 5.98. The number of benzene rings is 2. The molecule has 2 aromatic rings. The van der Waals surface area contributed by atoms with Gasteiger partial charge >= 0.3 is 5.97 Å². The molecule has 0 aliphatic carbocycles. The summed E-state index contributed by atoms with van der Waals surface area (Å²) < 4.78 is 45.5. The average Bonchev–Trinajstić information content (AvgIpc) is 2.60. The average molecular weight is 379 g/mol. The largest absolute Gasteiger partial charge is 0.465 e. The predicted molar refractivity (Wildman–Crippen MR) is 98.1 cm³/mol. The van der Waals surface area contributed by atoms with E-state index in [1.54, 1.807) is 19.1 Å². The second-order valence-corrected chi connectivity index (χ2v) is 7.85. The zero-order valence-corrected chi connectivity index (χ0v) is 15.8. The quantitative estimate of drug-likeness (QED) is 0.688. The number of carbonyl (C=O) groups is 1. The summed E-state index contributed by atoms with van der Waals surface area (Å²) in [6.45, 7) is 5.21. The Labute approximate surface area is 153 Å². The van der Waals surface area contributed by atoms with Gasteiger partial charge in [0.1, 0.15) is 12.4 Å². The molecule has 7 heteroatoms. The molecule has 140 valence electrons. The van der Waals surface area contributed by atoms with Gasteiger partial charge in [-0.2, -0.15) is 0 Å². The smallest absolute Gasteiger partial charge is 0.326 e. The molecule has 5 nitrogen and oxygen atoms in total. The number of hydrogen-bond acceptors (Lipinski definition) is 4. The fourth-order valence-corrected chi connectivity index (χ4v) is 4.00. The lowest BCUT2D eigenvalue weighted by molar-refractivity contribution is -0.141. The van der Waals surface area contributed by atoms with Crippen molar-refractivity contribution in [1.82, 2.24) is 0 Å². The molecule has 0 aliphatic rings. The number of anilines is 1. The molecule has 0 atom stereocenters. The van der Waals surface area contributed by atoms with Crippen LogP contribution in [0, 0.1) is 5.82 Å². The first-order valence-corrected chi connectivity index (χ1v) is 9.74. The summed E-state index contributed by atoms with van der Waals surface area (Å²) in [5.74, 6) is -1.15. The van der Waals surface area contributed by atoms with Crippen molar-refractivity contribution in [3.05, 3.63) is 59.9 Å². The van der Waals surface area contributed by atoms with Crippen LogP contribution in [0.3, 0.4) is 0 Å². The van der Waals surface area contributed by atoms with Crippen LogP contribution in [0.2, 0.25) is 0 Å². The van der Waals surface area contributed by atoms with Crippen molar-refractivity contribution in [1.29, 1.82) is 0 Å². The van der Waals surface area contributed by atoms with Gasteiger partial charge in [-0.1, -0.05) is 32.0 Å².